The highest BCUT2D eigenvalue weighted by Gasteiger charge is 2.36. The highest BCUT2D eigenvalue weighted by atomic mass is 19.1. The van der Waals surface area contributed by atoms with Gasteiger partial charge in [-0.15, -0.1) is 0 Å². The lowest BCUT2D eigenvalue weighted by atomic mass is 9.99. The van der Waals surface area contributed by atoms with Crippen molar-refractivity contribution in [1.82, 2.24) is 4.98 Å². The summed E-state index contributed by atoms with van der Waals surface area (Å²) in [4.78, 5) is 3.54. The predicted octanol–water partition coefficient (Wildman–Crippen LogP) is 0.281. The summed E-state index contributed by atoms with van der Waals surface area (Å²) >= 11 is 0. The van der Waals surface area contributed by atoms with E-state index in [-0.39, 0.29) is 12.4 Å². The first-order chi connectivity index (χ1) is 8.49. The number of aromatic nitrogens is 1. The second-order valence-electron chi connectivity index (χ2n) is 4.25. The molecule has 1 aliphatic heterocycles. The van der Waals surface area contributed by atoms with E-state index in [9.17, 15) is 19.0 Å². The van der Waals surface area contributed by atoms with Crippen molar-refractivity contribution < 1.29 is 23.7 Å². The van der Waals surface area contributed by atoms with Crippen LogP contribution in [0.5, 0.6) is 0 Å². The maximum Gasteiger partial charge on any atom is 0.168 e. The van der Waals surface area contributed by atoms with E-state index in [1.165, 1.54) is 0 Å². The van der Waals surface area contributed by atoms with Crippen LogP contribution in [-0.2, 0) is 4.74 Å². The summed E-state index contributed by atoms with van der Waals surface area (Å²) < 4.78 is 31.2. The van der Waals surface area contributed by atoms with E-state index in [4.69, 9.17) is 4.74 Å². The Morgan fingerprint density at radius 2 is 2.11 bits per heavy atom. The second kappa shape index (κ2) is 5.13. The van der Waals surface area contributed by atoms with Gasteiger partial charge < -0.3 is 20.3 Å². The molecule has 0 spiro atoms. The van der Waals surface area contributed by atoms with E-state index in [1.54, 1.807) is 6.92 Å². The Labute approximate surface area is 102 Å². The summed E-state index contributed by atoms with van der Waals surface area (Å²) in [6.07, 6.45) is -1.82. The molecule has 100 valence electrons. The highest BCUT2D eigenvalue weighted by molar-refractivity contribution is 5.37. The number of rotatable bonds is 2. The van der Waals surface area contributed by atoms with Gasteiger partial charge in [0.2, 0.25) is 0 Å². The number of nitrogens with one attached hydrogen (secondary N) is 1. The molecule has 1 aromatic rings. The normalized spacial score (nSPS) is 32.3. The van der Waals surface area contributed by atoms with Crippen molar-refractivity contribution in [3.05, 3.63) is 23.9 Å². The van der Waals surface area contributed by atoms with Gasteiger partial charge >= 0.3 is 0 Å². The zero-order valence-corrected chi connectivity index (χ0v) is 9.68. The first-order valence-corrected chi connectivity index (χ1v) is 5.54. The Hall–Kier alpha value is -1.31. The van der Waals surface area contributed by atoms with Gasteiger partial charge in [0, 0.05) is 6.07 Å². The van der Waals surface area contributed by atoms with Crippen molar-refractivity contribution in [2.24, 2.45) is 0 Å². The zero-order valence-electron chi connectivity index (χ0n) is 9.68. The molecular formula is C11H14F2N2O3. The molecule has 0 bridgehead atoms. The van der Waals surface area contributed by atoms with Crippen LogP contribution in [0.3, 0.4) is 0 Å². The smallest absolute Gasteiger partial charge is 0.168 e. The largest absolute Gasteiger partial charge is 0.388 e. The minimum absolute atomic E-state index is 0.0951. The van der Waals surface area contributed by atoms with Crippen molar-refractivity contribution in [2.75, 3.05) is 11.9 Å². The van der Waals surface area contributed by atoms with Crippen LogP contribution in [-0.4, -0.2) is 46.2 Å². The standard InChI is InChI=1S/C11H14F2N2O3/c1-5-9(16)10(17)8(4-18-5)15-11-7(13)2-6(12)3-14-11/h2-3,5,8-10,16-17H,4H2,1H3,(H,14,15)/t5-,8+,9+,10-/m1/s1. The first-order valence-electron chi connectivity index (χ1n) is 5.54. The highest BCUT2D eigenvalue weighted by Crippen LogP contribution is 2.20. The minimum atomic E-state index is -1.11. The molecule has 0 unspecified atom stereocenters. The summed E-state index contributed by atoms with van der Waals surface area (Å²) in [7, 11) is 0. The molecule has 1 fully saturated rings. The number of hydrogen-bond donors (Lipinski definition) is 3. The molecule has 2 heterocycles. The molecule has 7 heteroatoms. The SMILES string of the molecule is C[C@H]1OC[C@H](Nc2ncc(F)cc2F)[C@@H](O)[C@H]1O. The molecule has 2 rings (SSSR count). The fraction of sp³-hybridized carbons (Fsp3) is 0.545. The van der Waals surface area contributed by atoms with Crippen LogP contribution in [0.15, 0.2) is 12.3 Å². The van der Waals surface area contributed by atoms with Crippen molar-refractivity contribution in [3.8, 4) is 0 Å². The molecule has 0 amide bonds. The number of halogens is 2. The van der Waals surface area contributed by atoms with Crippen LogP contribution in [0.1, 0.15) is 6.92 Å². The fourth-order valence-electron chi connectivity index (χ4n) is 1.79. The number of nitrogens with zero attached hydrogens (tertiary/aromatic N) is 1. The van der Waals surface area contributed by atoms with E-state index in [1.807, 2.05) is 0 Å². The van der Waals surface area contributed by atoms with Gasteiger partial charge in [-0.05, 0) is 6.92 Å². The van der Waals surface area contributed by atoms with E-state index in [2.05, 4.69) is 10.3 Å². The summed E-state index contributed by atoms with van der Waals surface area (Å²) in [5, 5.41) is 22.0. The van der Waals surface area contributed by atoms with Crippen molar-refractivity contribution in [2.45, 2.75) is 31.3 Å². The zero-order chi connectivity index (χ0) is 13.3. The quantitative estimate of drug-likeness (QED) is 0.712. The number of aliphatic hydroxyl groups is 2. The van der Waals surface area contributed by atoms with Gasteiger partial charge in [0.1, 0.15) is 18.0 Å². The number of pyridine rings is 1. The van der Waals surface area contributed by atoms with Gasteiger partial charge in [0.25, 0.3) is 0 Å². The molecule has 1 saturated heterocycles. The number of ether oxygens (including phenoxy) is 1. The van der Waals surface area contributed by atoms with Crippen LogP contribution >= 0.6 is 0 Å². The minimum Gasteiger partial charge on any atom is -0.388 e. The molecular weight excluding hydrogens is 246 g/mol. The molecule has 0 aliphatic carbocycles. The lowest BCUT2D eigenvalue weighted by molar-refractivity contribution is -0.133. The van der Waals surface area contributed by atoms with Gasteiger partial charge in [0.15, 0.2) is 11.6 Å². The maximum atomic E-state index is 13.4. The lowest BCUT2D eigenvalue weighted by Crippen LogP contribution is -2.54. The Kier molecular flexibility index (Phi) is 3.74. The average Bonchev–Trinajstić information content (AvgIpc) is 2.33. The molecule has 0 aromatic carbocycles. The van der Waals surface area contributed by atoms with Crippen LogP contribution in [0.2, 0.25) is 0 Å². The lowest BCUT2D eigenvalue weighted by Gasteiger charge is -2.36. The van der Waals surface area contributed by atoms with Gasteiger partial charge in [-0.25, -0.2) is 13.8 Å². The third-order valence-corrected chi connectivity index (χ3v) is 2.91. The molecule has 18 heavy (non-hydrogen) atoms. The third-order valence-electron chi connectivity index (χ3n) is 2.91. The Bertz CT molecular complexity index is 433. The molecule has 0 radical (unpaired) electrons. The van der Waals surface area contributed by atoms with Crippen LogP contribution in [0, 0.1) is 11.6 Å². The Balaban J connectivity index is 2.09. The molecule has 5 nitrogen and oxygen atoms in total. The van der Waals surface area contributed by atoms with Crippen molar-refractivity contribution in [1.29, 1.82) is 0 Å². The van der Waals surface area contributed by atoms with Crippen LogP contribution < -0.4 is 5.32 Å². The topological polar surface area (TPSA) is 74.6 Å². The molecule has 1 aliphatic rings. The number of hydrogen-bond acceptors (Lipinski definition) is 5. The van der Waals surface area contributed by atoms with E-state index >= 15 is 0 Å². The number of aliphatic hydroxyl groups excluding tert-OH is 2. The van der Waals surface area contributed by atoms with Gasteiger partial charge in [0.05, 0.1) is 24.9 Å². The maximum absolute atomic E-state index is 13.4. The van der Waals surface area contributed by atoms with Crippen molar-refractivity contribution in [3.63, 3.8) is 0 Å². The second-order valence-corrected chi connectivity index (χ2v) is 4.25. The molecule has 1 aromatic heterocycles. The van der Waals surface area contributed by atoms with E-state index < -0.39 is 36.0 Å². The van der Waals surface area contributed by atoms with Gasteiger partial charge in [-0.3, -0.25) is 0 Å². The predicted molar refractivity (Wildman–Crippen MR) is 59.0 cm³/mol. The molecule has 0 saturated carbocycles. The molecule has 3 N–H and O–H groups in total. The average molecular weight is 260 g/mol. The Morgan fingerprint density at radius 1 is 1.39 bits per heavy atom. The Morgan fingerprint density at radius 3 is 2.78 bits per heavy atom. The van der Waals surface area contributed by atoms with Gasteiger partial charge in [-0.1, -0.05) is 0 Å². The monoisotopic (exact) mass is 260 g/mol. The number of anilines is 1. The van der Waals surface area contributed by atoms with Crippen LogP contribution in [0.4, 0.5) is 14.6 Å². The summed E-state index contributed by atoms with van der Waals surface area (Å²) in [6.45, 7) is 1.72. The summed E-state index contributed by atoms with van der Waals surface area (Å²) in [5.74, 6) is -1.84. The van der Waals surface area contributed by atoms with Gasteiger partial charge in [-0.2, -0.15) is 0 Å². The third kappa shape index (κ3) is 2.58. The summed E-state index contributed by atoms with van der Waals surface area (Å²) in [5.41, 5.74) is 0. The summed E-state index contributed by atoms with van der Waals surface area (Å²) in [6, 6.07) is -0.0200. The van der Waals surface area contributed by atoms with E-state index in [0.717, 1.165) is 6.20 Å². The molecule has 4 atom stereocenters. The first kappa shape index (κ1) is 13.1. The van der Waals surface area contributed by atoms with E-state index in [0.29, 0.717) is 6.07 Å². The fourth-order valence-corrected chi connectivity index (χ4v) is 1.79. The van der Waals surface area contributed by atoms with Crippen molar-refractivity contribution >= 4 is 5.82 Å². The van der Waals surface area contributed by atoms with Crippen LogP contribution in [0.25, 0.3) is 0 Å².